The van der Waals surface area contributed by atoms with E-state index in [0.29, 0.717) is 18.3 Å². The summed E-state index contributed by atoms with van der Waals surface area (Å²) in [6, 6.07) is 0. The number of thiophene rings is 1. The van der Waals surface area contributed by atoms with Crippen LogP contribution >= 0.6 is 23.1 Å². The van der Waals surface area contributed by atoms with Gasteiger partial charge in [-0.05, 0) is 38.2 Å². The molecule has 28 heavy (non-hydrogen) atoms. The van der Waals surface area contributed by atoms with Crippen molar-refractivity contribution in [2.45, 2.75) is 82.7 Å². The van der Waals surface area contributed by atoms with Crippen LogP contribution < -0.4 is 5.56 Å². The number of fused-ring (bicyclic) bond motifs is 3. The van der Waals surface area contributed by atoms with Gasteiger partial charge in [-0.3, -0.25) is 9.36 Å². The molecule has 0 fully saturated rings. The molecule has 8 heteroatoms. The third kappa shape index (κ3) is 3.64. The molecule has 3 heterocycles. The molecule has 0 spiro atoms. The largest absolute Gasteiger partial charge is 0.338 e. The molecule has 0 radical (unpaired) electrons. The number of aromatic nitrogens is 4. The number of nitrogens with zero attached hydrogens (tertiary/aromatic N) is 4. The smallest absolute Gasteiger partial charge is 0.263 e. The van der Waals surface area contributed by atoms with Gasteiger partial charge in [-0.25, -0.2) is 4.98 Å². The molecule has 3 aromatic heterocycles. The number of hydrogen-bond donors (Lipinski definition) is 0. The molecule has 1 atom stereocenters. The molecular weight excluding hydrogens is 392 g/mol. The average molecular weight is 419 g/mol. The molecule has 0 aliphatic heterocycles. The van der Waals surface area contributed by atoms with Gasteiger partial charge in [-0.1, -0.05) is 43.6 Å². The van der Waals surface area contributed by atoms with Gasteiger partial charge in [0.1, 0.15) is 4.83 Å². The molecule has 4 rings (SSSR count). The summed E-state index contributed by atoms with van der Waals surface area (Å²) in [5.41, 5.74) is 1.37. The molecule has 0 aromatic carbocycles. The Kier molecular flexibility index (Phi) is 5.87. The number of thioether (sulfide) groups is 1. The molecule has 0 amide bonds. The Bertz CT molecular complexity index is 1040. The van der Waals surface area contributed by atoms with Crippen LogP contribution in [0, 0.1) is 0 Å². The second-order valence-electron chi connectivity index (χ2n) is 7.26. The minimum Gasteiger partial charge on any atom is -0.338 e. The van der Waals surface area contributed by atoms with Crippen LogP contribution in [0.5, 0.6) is 0 Å². The van der Waals surface area contributed by atoms with Gasteiger partial charge in [0.2, 0.25) is 5.89 Å². The minimum absolute atomic E-state index is 0.0543. The van der Waals surface area contributed by atoms with Gasteiger partial charge in [0.15, 0.2) is 11.0 Å². The van der Waals surface area contributed by atoms with Crippen molar-refractivity contribution in [3.05, 3.63) is 32.5 Å². The molecular formula is C20H26N4O2S2. The number of unbranched alkanes of at least 4 members (excludes halogenated alkanes) is 2. The van der Waals surface area contributed by atoms with Crippen molar-refractivity contribution in [3.63, 3.8) is 0 Å². The van der Waals surface area contributed by atoms with Gasteiger partial charge in [0, 0.05) is 17.8 Å². The summed E-state index contributed by atoms with van der Waals surface area (Å²) in [7, 11) is 0. The maximum absolute atomic E-state index is 13.4. The Morgan fingerprint density at radius 3 is 2.86 bits per heavy atom. The zero-order valence-corrected chi connectivity index (χ0v) is 18.3. The van der Waals surface area contributed by atoms with Crippen LogP contribution in [0.1, 0.15) is 73.9 Å². The summed E-state index contributed by atoms with van der Waals surface area (Å²) in [5, 5.41) is 5.56. The first kappa shape index (κ1) is 19.6. The first-order valence-corrected chi connectivity index (χ1v) is 11.9. The van der Waals surface area contributed by atoms with Crippen molar-refractivity contribution < 1.29 is 4.52 Å². The van der Waals surface area contributed by atoms with E-state index in [1.807, 2.05) is 18.4 Å². The van der Waals surface area contributed by atoms with E-state index in [2.05, 4.69) is 17.1 Å². The fourth-order valence-corrected chi connectivity index (χ4v) is 5.92. The summed E-state index contributed by atoms with van der Waals surface area (Å²) < 4.78 is 7.28. The number of aryl methyl sites for hydroxylation is 3. The standard InChI is InChI=1S/C20H26N4O2S2/c1-4-6-7-11-24-19(25)16-13-9-8-10-14(13)28-18(16)22-20(24)27-12(3)17-21-15(5-2)23-26-17/h12H,4-11H2,1-3H3. The molecule has 3 aromatic rings. The van der Waals surface area contributed by atoms with Crippen LogP contribution in [-0.4, -0.2) is 19.7 Å². The van der Waals surface area contributed by atoms with Crippen LogP contribution in [0.3, 0.4) is 0 Å². The van der Waals surface area contributed by atoms with E-state index < -0.39 is 0 Å². The molecule has 150 valence electrons. The second-order valence-corrected chi connectivity index (χ2v) is 9.65. The highest BCUT2D eigenvalue weighted by Crippen LogP contribution is 2.38. The predicted molar refractivity (Wildman–Crippen MR) is 113 cm³/mol. The lowest BCUT2D eigenvalue weighted by molar-refractivity contribution is 0.375. The predicted octanol–water partition coefficient (Wildman–Crippen LogP) is 4.94. The lowest BCUT2D eigenvalue weighted by atomic mass is 10.2. The molecule has 0 saturated heterocycles. The normalized spacial score (nSPS) is 14.7. The number of hydrogen-bond acceptors (Lipinski definition) is 7. The molecule has 6 nitrogen and oxygen atoms in total. The summed E-state index contributed by atoms with van der Waals surface area (Å²) in [6.07, 6.45) is 7.19. The van der Waals surface area contributed by atoms with E-state index >= 15 is 0 Å². The topological polar surface area (TPSA) is 73.8 Å². The Morgan fingerprint density at radius 2 is 2.11 bits per heavy atom. The highest BCUT2D eigenvalue weighted by atomic mass is 32.2. The lowest BCUT2D eigenvalue weighted by Gasteiger charge is -2.14. The van der Waals surface area contributed by atoms with Gasteiger partial charge in [0.25, 0.3) is 5.56 Å². The summed E-state index contributed by atoms with van der Waals surface area (Å²) >= 11 is 3.23. The molecule has 1 unspecified atom stereocenters. The van der Waals surface area contributed by atoms with Gasteiger partial charge < -0.3 is 4.52 Å². The van der Waals surface area contributed by atoms with Crippen LogP contribution in [0.15, 0.2) is 14.5 Å². The van der Waals surface area contributed by atoms with E-state index in [9.17, 15) is 4.79 Å². The average Bonchev–Trinajstić information content (AvgIpc) is 3.39. The van der Waals surface area contributed by atoms with E-state index in [-0.39, 0.29) is 10.8 Å². The van der Waals surface area contributed by atoms with Gasteiger partial charge >= 0.3 is 0 Å². The molecule has 0 N–H and O–H groups in total. The maximum atomic E-state index is 13.4. The lowest BCUT2D eigenvalue weighted by Crippen LogP contribution is -2.23. The van der Waals surface area contributed by atoms with Crippen molar-refractivity contribution in [2.75, 3.05) is 0 Å². The van der Waals surface area contributed by atoms with Crippen molar-refractivity contribution >= 4 is 33.3 Å². The third-order valence-corrected chi connectivity index (χ3v) is 7.47. The van der Waals surface area contributed by atoms with Crippen molar-refractivity contribution in [1.82, 2.24) is 19.7 Å². The van der Waals surface area contributed by atoms with Crippen LogP contribution in [0.4, 0.5) is 0 Å². The SMILES string of the molecule is CCCCCn1c(SC(C)c2nc(CC)no2)nc2sc3c(c2c1=O)CCC3. The molecule has 0 bridgehead atoms. The monoisotopic (exact) mass is 418 g/mol. The zero-order chi connectivity index (χ0) is 19.7. The Balaban J connectivity index is 1.72. The minimum atomic E-state index is -0.0543. The highest BCUT2D eigenvalue weighted by Gasteiger charge is 2.25. The summed E-state index contributed by atoms with van der Waals surface area (Å²) in [4.78, 5) is 25.0. The molecule has 1 aliphatic carbocycles. The van der Waals surface area contributed by atoms with Gasteiger partial charge in [-0.15, -0.1) is 11.3 Å². The quantitative estimate of drug-likeness (QED) is 0.293. The highest BCUT2D eigenvalue weighted by molar-refractivity contribution is 7.99. The maximum Gasteiger partial charge on any atom is 0.263 e. The van der Waals surface area contributed by atoms with Crippen LogP contribution in [0.2, 0.25) is 0 Å². The van der Waals surface area contributed by atoms with Crippen molar-refractivity contribution in [3.8, 4) is 0 Å². The molecule has 0 saturated carbocycles. The van der Waals surface area contributed by atoms with Crippen molar-refractivity contribution in [2.24, 2.45) is 0 Å². The second kappa shape index (κ2) is 8.37. The Morgan fingerprint density at radius 1 is 1.25 bits per heavy atom. The Hall–Kier alpha value is -1.67. The summed E-state index contributed by atoms with van der Waals surface area (Å²) in [6.45, 7) is 6.91. The van der Waals surface area contributed by atoms with Crippen molar-refractivity contribution in [1.29, 1.82) is 0 Å². The third-order valence-electron chi connectivity index (χ3n) is 5.21. The van der Waals surface area contributed by atoms with E-state index in [1.165, 1.54) is 22.2 Å². The Labute approximate surface area is 172 Å². The van der Waals surface area contributed by atoms with E-state index in [0.717, 1.165) is 60.3 Å². The fraction of sp³-hybridized carbons (Fsp3) is 0.600. The van der Waals surface area contributed by atoms with Gasteiger partial charge in [0.05, 0.1) is 10.6 Å². The number of rotatable bonds is 8. The first-order valence-electron chi connectivity index (χ1n) is 10.2. The molecule has 1 aliphatic rings. The first-order chi connectivity index (χ1) is 13.6. The van der Waals surface area contributed by atoms with Crippen LogP contribution in [-0.2, 0) is 25.8 Å². The van der Waals surface area contributed by atoms with Crippen LogP contribution in [0.25, 0.3) is 10.2 Å². The van der Waals surface area contributed by atoms with E-state index in [4.69, 9.17) is 9.51 Å². The van der Waals surface area contributed by atoms with Gasteiger partial charge in [-0.2, -0.15) is 4.98 Å². The van der Waals surface area contributed by atoms with E-state index in [1.54, 1.807) is 11.3 Å². The zero-order valence-electron chi connectivity index (χ0n) is 16.7. The summed E-state index contributed by atoms with van der Waals surface area (Å²) in [5.74, 6) is 1.30. The fourth-order valence-electron chi connectivity index (χ4n) is 3.65.